The van der Waals surface area contributed by atoms with Gasteiger partial charge in [-0.25, -0.2) is 8.42 Å². The molecule has 146 valence electrons. The van der Waals surface area contributed by atoms with Gasteiger partial charge in [-0.05, 0) is 23.6 Å². The number of sulfonamides is 1. The number of rotatable bonds is 6. The Hall–Kier alpha value is -2.30. The lowest BCUT2D eigenvalue weighted by Gasteiger charge is -2.33. The lowest BCUT2D eigenvalue weighted by molar-refractivity contribution is -0.385. The minimum absolute atomic E-state index is 0.0546. The highest BCUT2D eigenvalue weighted by Gasteiger charge is 2.28. The van der Waals surface area contributed by atoms with Crippen molar-refractivity contribution < 1.29 is 13.3 Å². The van der Waals surface area contributed by atoms with Crippen LogP contribution < -0.4 is 0 Å². The molecule has 0 spiro atoms. The minimum atomic E-state index is -3.51. The summed E-state index contributed by atoms with van der Waals surface area (Å²) in [5.74, 6) is 0.350. The number of aromatic nitrogens is 2. The molecule has 10 heteroatoms. The van der Waals surface area contributed by atoms with Crippen LogP contribution in [0.25, 0.3) is 0 Å². The molecule has 0 saturated carbocycles. The molecule has 0 unspecified atom stereocenters. The molecule has 1 fully saturated rings. The third-order valence-corrected chi connectivity index (χ3v) is 6.60. The molecule has 0 radical (unpaired) electrons. The van der Waals surface area contributed by atoms with Crippen molar-refractivity contribution in [3.8, 4) is 0 Å². The summed E-state index contributed by atoms with van der Waals surface area (Å²) in [6.07, 6.45) is 2.58. The lowest BCUT2D eigenvalue weighted by atomic mass is 10.0. The highest BCUT2D eigenvalue weighted by molar-refractivity contribution is 7.89. The summed E-state index contributed by atoms with van der Waals surface area (Å²) in [4.78, 5) is 12.6. The van der Waals surface area contributed by atoms with Crippen LogP contribution in [-0.2, 0) is 16.7 Å². The largest absolute Gasteiger partial charge is 0.307 e. The molecule has 1 aliphatic rings. The molecule has 0 bridgehead atoms. The van der Waals surface area contributed by atoms with Gasteiger partial charge in [0.25, 0.3) is 0 Å². The van der Waals surface area contributed by atoms with Crippen molar-refractivity contribution >= 4 is 15.7 Å². The van der Waals surface area contributed by atoms with Crippen molar-refractivity contribution in [2.45, 2.75) is 31.3 Å². The second-order valence-corrected chi connectivity index (χ2v) is 8.82. The second kappa shape index (κ2) is 7.75. The molecule has 0 aliphatic carbocycles. The number of nitro groups is 1. The van der Waals surface area contributed by atoms with Gasteiger partial charge >= 0.3 is 5.69 Å². The average Bonchev–Trinajstić information content (AvgIpc) is 3.11. The van der Waals surface area contributed by atoms with Crippen molar-refractivity contribution in [3.05, 3.63) is 52.3 Å². The van der Waals surface area contributed by atoms with Gasteiger partial charge in [0.2, 0.25) is 10.0 Å². The zero-order chi connectivity index (χ0) is 19.6. The van der Waals surface area contributed by atoms with E-state index in [9.17, 15) is 18.5 Å². The first-order valence-electron chi connectivity index (χ1n) is 8.76. The molecule has 1 saturated heterocycles. The topological polar surface area (TPSA) is 102 Å². The summed E-state index contributed by atoms with van der Waals surface area (Å²) >= 11 is 0. The fourth-order valence-corrected chi connectivity index (χ4v) is 4.44. The number of hydrogen-bond acceptors (Lipinski definition) is 6. The van der Waals surface area contributed by atoms with E-state index in [2.05, 4.69) is 18.9 Å². The van der Waals surface area contributed by atoms with Crippen LogP contribution in [0.2, 0.25) is 0 Å². The first-order valence-corrected chi connectivity index (χ1v) is 10.2. The molecule has 9 nitrogen and oxygen atoms in total. The Balaban J connectivity index is 1.61. The van der Waals surface area contributed by atoms with Crippen molar-refractivity contribution in [1.29, 1.82) is 0 Å². The number of piperazine rings is 1. The third-order valence-electron chi connectivity index (χ3n) is 4.69. The van der Waals surface area contributed by atoms with Gasteiger partial charge in [0, 0.05) is 26.2 Å². The molecule has 3 rings (SSSR count). The molecule has 0 atom stereocenters. The van der Waals surface area contributed by atoms with E-state index in [0.717, 1.165) is 5.56 Å². The molecule has 1 aromatic carbocycles. The zero-order valence-corrected chi connectivity index (χ0v) is 16.2. The van der Waals surface area contributed by atoms with Crippen LogP contribution in [0.4, 0.5) is 5.69 Å². The van der Waals surface area contributed by atoms with Gasteiger partial charge in [-0.1, -0.05) is 26.0 Å². The first kappa shape index (κ1) is 19.5. The van der Waals surface area contributed by atoms with Gasteiger partial charge in [0.05, 0.1) is 16.5 Å². The highest BCUT2D eigenvalue weighted by Crippen LogP contribution is 2.21. The maximum Gasteiger partial charge on any atom is 0.307 e. The molecule has 0 N–H and O–H groups in total. The third kappa shape index (κ3) is 4.34. The summed E-state index contributed by atoms with van der Waals surface area (Å²) in [5.41, 5.74) is 1.05. The summed E-state index contributed by atoms with van der Waals surface area (Å²) in [6.45, 7) is 6.35. The van der Waals surface area contributed by atoms with Gasteiger partial charge in [-0.3, -0.25) is 19.7 Å². The smallest absolute Gasteiger partial charge is 0.282 e. The Bertz CT molecular complexity index is 900. The van der Waals surface area contributed by atoms with Crippen LogP contribution in [0.15, 0.2) is 41.6 Å². The molecular weight excluding hydrogens is 370 g/mol. The number of nitrogens with zero attached hydrogens (tertiary/aromatic N) is 5. The van der Waals surface area contributed by atoms with Gasteiger partial charge in [-0.15, -0.1) is 0 Å². The maximum absolute atomic E-state index is 12.8. The van der Waals surface area contributed by atoms with Crippen molar-refractivity contribution in [2.24, 2.45) is 0 Å². The standard InChI is InChI=1S/C17H23N5O4S/c1-14(2)15-3-5-17(6-4-15)27(25,26)21-9-7-19(8-10-21)13-20-12-16(11-18-20)22(23)24/h3-6,11-12,14H,7-10,13H2,1-2H3. The average molecular weight is 393 g/mol. The Labute approximate surface area is 158 Å². The fraction of sp³-hybridized carbons (Fsp3) is 0.471. The predicted octanol–water partition coefficient (Wildman–Crippen LogP) is 1.88. The van der Waals surface area contributed by atoms with Gasteiger partial charge in [0.1, 0.15) is 12.4 Å². The second-order valence-electron chi connectivity index (χ2n) is 6.88. The minimum Gasteiger partial charge on any atom is -0.282 e. The predicted molar refractivity (Wildman–Crippen MR) is 99.7 cm³/mol. The van der Waals surface area contributed by atoms with Crippen molar-refractivity contribution in [3.63, 3.8) is 0 Å². The highest BCUT2D eigenvalue weighted by atomic mass is 32.2. The van der Waals surface area contributed by atoms with Crippen molar-refractivity contribution in [1.82, 2.24) is 19.0 Å². The monoisotopic (exact) mass is 393 g/mol. The Morgan fingerprint density at radius 1 is 1.15 bits per heavy atom. The van der Waals surface area contributed by atoms with Crippen LogP contribution in [0, 0.1) is 10.1 Å². The first-order chi connectivity index (χ1) is 12.8. The van der Waals surface area contributed by atoms with E-state index in [4.69, 9.17) is 0 Å². The normalized spacial score (nSPS) is 16.7. The molecule has 1 aromatic heterocycles. The van der Waals surface area contributed by atoms with Crippen LogP contribution in [0.1, 0.15) is 25.3 Å². The quantitative estimate of drug-likeness (QED) is 0.548. The van der Waals surface area contributed by atoms with Gasteiger partial charge in [-0.2, -0.15) is 9.40 Å². The fourth-order valence-electron chi connectivity index (χ4n) is 3.01. The van der Waals surface area contributed by atoms with E-state index in [-0.39, 0.29) is 5.69 Å². The summed E-state index contributed by atoms with van der Waals surface area (Å²) in [7, 11) is -3.51. The summed E-state index contributed by atoms with van der Waals surface area (Å²) < 4.78 is 28.6. The summed E-state index contributed by atoms with van der Waals surface area (Å²) in [6, 6.07) is 7.05. The SMILES string of the molecule is CC(C)c1ccc(S(=O)(=O)N2CCN(Cn3cc([N+](=O)[O-])cn3)CC2)cc1. The number of benzene rings is 1. The Kier molecular flexibility index (Phi) is 5.59. The van der Waals surface area contributed by atoms with E-state index < -0.39 is 14.9 Å². The maximum atomic E-state index is 12.8. The summed E-state index contributed by atoms with van der Waals surface area (Å²) in [5, 5.41) is 14.7. The van der Waals surface area contributed by atoms with E-state index >= 15 is 0 Å². The van der Waals surface area contributed by atoms with Gasteiger partial charge in [0.15, 0.2) is 0 Å². The van der Waals surface area contributed by atoms with E-state index in [1.165, 1.54) is 21.4 Å². The van der Waals surface area contributed by atoms with Crippen LogP contribution >= 0.6 is 0 Å². The Morgan fingerprint density at radius 3 is 2.30 bits per heavy atom. The van der Waals surface area contributed by atoms with E-state index in [1.807, 2.05) is 17.0 Å². The van der Waals surface area contributed by atoms with E-state index in [1.54, 1.807) is 12.1 Å². The molecule has 27 heavy (non-hydrogen) atoms. The number of hydrogen-bond donors (Lipinski definition) is 0. The molecular formula is C17H23N5O4S. The molecule has 0 amide bonds. The van der Waals surface area contributed by atoms with Crippen LogP contribution in [0.5, 0.6) is 0 Å². The van der Waals surface area contributed by atoms with Crippen molar-refractivity contribution in [2.75, 3.05) is 26.2 Å². The van der Waals surface area contributed by atoms with Crippen LogP contribution in [-0.4, -0.2) is 58.5 Å². The molecule has 2 aromatic rings. The molecule has 2 heterocycles. The van der Waals surface area contributed by atoms with E-state index in [0.29, 0.717) is 43.7 Å². The molecule has 1 aliphatic heterocycles. The Morgan fingerprint density at radius 2 is 1.78 bits per heavy atom. The van der Waals surface area contributed by atoms with Crippen LogP contribution in [0.3, 0.4) is 0 Å². The van der Waals surface area contributed by atoms with Gasteiger partial charge < -0.3 is 0 Å². The zero-order valence-electron chi connectivity index (χ0n) is 15.4. The lowest BCUT2D eigenvalue weighted by Crippen LogP contribution is -2.48.